The molecular formula is C21H21F3N2O4S. The second-order valence-corrected chi connectivity index (χ2v) is 9.56. The third kappa shape index (κ3) is 3.15. The van der Waals surface area contributed by atoms with Crippen LogP contribution in [0.5, 0.6) is 0 Å². The fourth-order valence-electron chi connectivity index (χ4n) is 4.89. The smallest absolute Gasteiger partial charge is 0.326 e. The van der Waals surface area contributed by atoms with Crippen molar-refractivity contribution in [1.29, 1.82) is 0 Å². The van der Waals surface area contributed by atoms with Crippen molar-refractivity contribution in [3.05, 3.63) is 59.3 Å². The van der Waals surface area contributed by atoms with Crippen molar-refractivity contribution in [1.82, 2.24) is 9.97 Å². The minimum Gasteiger partial charge on any atom is -0.396 e. The number of thiophene rings is 1. The molecule has 10 heteroatoms. The highest BCUT2D eigenvalue weighted by molar-refractivity contribution is 7.12. The molecule has 3 N–H and O–H groups in total. The van der Waals surface area contributed by atoms with Gasteiger partial charge in [-0.2, -0.15) is 0 Å². The lowest BCUT2D eigenvalue weighted by molar-refractivity contribution is -0.0555. The molecule has 2 heterocycles. The Balaban J connectivity index is 1.70. The number of aromatic nitrogens is 2. The van der Waals surface area contributed by atoms with Crippen molar-refractivity contribution in [3.8, 4) is 0 Å². The number of ether oxygens (including phenoxy) is 1. The normalized spacial score (nSPS) is 27.2. The highest BCUT2D eigenvalue weighted by Gasteiger charge is 2.48. The maximum atomic E-state index is 15.9. The molecule has 0 aliphatic heterocycles. The van der Waals surface area contributed by atoms with E-state index in [1.165, 1.54) is 24.5 Å². The highest BCUT2D eigenvalue weighted by Crippen LogP contribution is 2.56. The minimum absolute atomic E-state index is 0.101. The number of rotatable bonds is 4. The van der Waals surface area contributed by atoms with Gasteiger partial charge in [0.05, 0.1) is 29.7 Å². The quantitative estimate of drug-likeness (QED) is 0.660. The fourth-order valence-corrected chi connectivity index (χ4v) is 6.24. The largest absolute Gasteiger partial charge is 0.396 e. The predicted molar refractivity (Wildman–Crippen MR) is 108 cm³/mol. The number of hydrogen-bond donors (Lipinski definition) is 3. The van der Waals surface area contributed by atoms with Gasteiger partial charge >= 0.3 is 5.69 Å². The third-order valence-electron chi connectivity index (χ3n) is 6.52. The number of halogens is 3. The van der Waals surface area contributed by atoms with Gasteiger partial charge in [-0.15, -0.1) is 11.3 Å². The van der Waals surface area contributed by atoms with Crippen molar-refractivity contribution in [3.63, 3.8) is 0 Å². The van der Waals surface area contributed by atoms with Crippen LogP contribution in [0, 0.1) is 5.92 Å². The molecule has 166 valence electrons. The van der Waals surface area contributed by atoms with Gasteiger partial charge in [0.1, 0.15) is 11.9 Å². The zero-order valence-electron chi connectivity index (χ0n) is 16.6. The van der Waals surface area contributed by atoms with Gasteiger partial charge in [-0.05, 0) is 36.8 Å². The lowest BCUT2D eigenvalue weighted by Gasteiger charge is -2.31. The molecule has 0 aromatic carbocycles. The Hall–Kier alpha value is -2.17. The molecule has 1 fully saturated rings. The SMILES string of the molecule is COC1c2[nH]c(=O)[nH]c(=O)c2C(C2CC2)=C(F)C1c1cc2c(s1)CCC(F)(F)C2CO. The van der Waals surface area contributed by atoms with Crippen LogP contribution in [0.1, 0.15) is 63.8 Å². The number of aliphatic hydroxyl groups is 1. The minimum atomic E-state index is -3.04. The number of methoxy groups -OCH3 is 1. The van der Waals surface area contributed by atoms with Gasteiger partial charge in [0.2, 0.25) is 0 Å². The molecule has 3 aliphatic carbocycles. The first-order valence-corrected chi connectivity index (χ1v) is 11.0. The van der Waals surface area contributed by atoms with E-state index in [0.29, 0.717) is 15.3 Å². The molecule has 0 bridgehead atoms. The number of nitrogens with one attached hydrogen (secondary N) is 2. The molecule has 0 spiro atoms. The van der Waals surface area contributed by atoms with Gasteiger partial charge < -0.3 is 14.8 Å². The lowest BCUT2D eigenvalue weighted by Crippen LogP contribution is -2.34. The van der Waals surface area contributed by atoms with Gasteiger partial charge in [-0.3, -0.25) is 9.78 Å². The summed E-state index contributed by atoms with van der Waals surface area (Å²) in [4.78, 5) is 30.5. The Kier molecular flexibility index (Phi) is 4.80. The summed E-state index contributed by atoms with van der Waals surface area (Å²) < 4.78 is 50.2. The van der Waals surface area contributed by atoms with Crippen LogP contribution in [0.4, 0.5) is 13.2 Å². The van der Waals surface area contributed by atoms with Crippen LogP contribution >= 0.6 is 11.3 Å². The zero-order valence-corrected chi connectivity index (χ0v) is 17.5. The Labute approximate surface area is 178 Å². The first-order valence-electron chi connectivity index (χ1n) is 10.2. The van der Waals surface area contributed by atoms with Gasteiger partial charge in [0, 0.05) is 28.9 Å². The van der Waals surface area contributed by atoms with E-state index in [2.05, 4.69) is 9.97 Å². The Morgan fingerprint density at radius 3 is 2.68 bits per heavy atom. The summed E-state index contributed by atoms with van der Waals surface area (Å²) in [5.41, 5.74) is -0.473. The maximum Gasteiger partial charge on any atom is 0.326 e. The van der Waals surface area contributed by atoms with Crippen molar-refractivity contribution in [2.24, 2.45) is 5.92 Å². The van der Waals surface area contributed by atoms with Crippen LogP contribution < -0.4 is 11.2 Å². The van der Waals surface area contributed by atoms with Crippen molar-refractivity contribution in [2.75, 3.05) is 13.7 Å². The fraction of sp³-hybridized carbons (Fsp3) is 0.524. The van der Waals surface area contributed by atoms with Crippen LogP contribution in [0.25, 0.3) is 5.57 Å². The van der Waals surface area contributed by atoms with Crippen LogP contribution in [-0.2, 0) is 11.2 Å². The standard InChI is InChI=1S/C21H21F3N2O4S/c1-30-18-14(12-6-9-10(7-27)21(23,24)5-4-11(9)31-12)16(22)13(8-2-3-8)15-17(18)25-20(29)26-19(15)28/h6,8,10,14,18,27H,2-5,7H2,1H3,(H2,25,26,28,29). The number of allylic oxidation sites excluding steroid dienone is 1. The predicted octanol–water partition coefficient (Wildman–Crippen LogP) is 3.36. The summed E-state index contributed by atoms with van der Waals surface area (Å²) in [5.74, 6) is -5.99. The summed E-state index contributed by atoms with van der Waals surface area (Å²) in [6, 6.07) is 1.53. The average Bonchev–Trinajstić information content (AvgIpc) is 3.45. The van der Waals surface area contributed by atoms with Crippen LogP contribution in [0.2, 0.25) is 0 Å². The van der Waals surface area contributed by atoms with Gasteiger partial charge in [0.15, 0.2) is 0 Å². The molecule has 0 amide bonds. The topological polar surface area (TPSA) is 95.2 Å². The Morgan fingerprint density at radius 1 is 1.29 bits per heavy atom. The van der Waals surface area contributed by atoms with E-state index in [1.54, 1.807) is 0 Å². The average molecular weight is 454 g/mol. The number of H-pyrrole nitrogens is 2. The second kappa shape index (κ2) is 7.18. The number of fused-ring (bicyclic) bond motifs is 2. The van der Waals surface area contributed by atoms with E-state index in [4.69, 9.17) is 4.74 Å². The number of aliphatic hydroxyl groups excluding tert-OH is 1. The molecule has 6 nitrogen and oxygen atoms in total. The summed E-state index contributed by atoms with van der Waals surface area (Å²) >= 11 is 1.23. The molecule has 3 atom stereocenters. The molecule has 3 unspecified atom stereocenters. The number of hydrogen-bond acceptors (Lipinski definition) is 5. The third-order valence-corrected chi connectivity index (χ3v) is 7.81. The first kappa shape index (κ1) is 20.7. The van der Waals surface area contributed by atoms with E-state index < -0.39 is 47.5 Å². The van der Waals surface area contributed by atoms with Crippen LogP contribution in [0.3, 0.4) is 0 Å². The van der Waals surface area contributed by atoms with Gasteiger partial charge in [-0.25, -0.2) is 18.0 Å². The van der Waals surface area contributed by atoms with Gasteiger partial charge in [0.25, 0.3) is 11.5 Å². The summed E-state index contributed by atoms with van der Waals surface area (Å²) in [7, 11) is 1.36. The molecule has 1 saturated carbocycles. The molecule has 0 radical (unpaired) electrons. The monoisotopic (exact) mass is 454 g/mol. The molecule has 2 aromatic rings. The molecule has 3 aliphatic rings. The van der Waals surface area contributed by atoms with E-state index in [9.17, 15) is 23.5 Å². The van der Waals surface area contributed by atoms with Crippen LogP contribution in [-0.4, -0.2) is 34.7 Å². The molecule has 5 rings (SSSR count). The number of alkyl halides is 2. The Morgan fingerprint density at radius 2 is 2.03 bits per heavy atom. The second-order valence-electron chi connectivity index (χ2n) is 8.39. The molecular weight excluding hydrogens is 433 g/mol. The van der Waals surface area contributed by atoms with Gasteiger partial charge in [-0.1, -0.05) is 0 Å². The van der Waals surface area contributed by atoms with E-state index in [1.807, 2.05) is 0 Å². The summed E-state index contributed by atoms with van der Waals surface area (Å²) in [6.45, 7) is -0.703. The van der Waals surface area contributed by atoms with E-state index >= 15 is 4.39 Å². The van der Waals surface area contributed by atoms with Crippen molar-refractivity contribution < 1.29 is 23.0 Å². The molecule has 2 aromatic heterocycles. The molecule has 0 saturated heterocycles. The highest BCUT2D eigenvalue weighted by atomic mass is 32.1. The first-order chi connectivity index (χ1) is 14.8. The van der Waals surface area contributed by atoms with Crippen molar-refractivity contribution in [2.45, 2.75) is 49.5 Å². The van der Waals surface area contributed by atoms with E-state index in [-0.39, 0.29) is 35.6 Å². The number of aryl methyl sites for hydroxylation is 1. The summed E-state index contributed by atoms with van der Waals surface area (Å²) in [5, 5.41) is 9.60. The molecule has 31 heavy (non-hydrogen) atoms. The Bertz CT molecular complexity index is 1190. The van der Waals surface area contributed by atoms with E-state index in [0.717, 1.165) is 12.8 Å². The van der Waals surface area contributed by atoms with Crippen LogP contribution in [0.15, 0.2) is 21.5 Å². The lowest BCUT2D eigenvalue weighted by atomic mass is 9.80. The summed E-state index contributed by atoms with van der Waals surface area (Å²) in [6.07, 6.45) is 0.235. The van der Waals surface area contributed by atoms with Crippen molar-refractivity contribution >= 4 is 16.9 Å². The zero-order chi connectivity index (χ0) is 22.1. The number of aromatic amines is 2. The maximum absolute atomic E-state index is 15.9.